The number of carbonyl (C=O) groups excluding carboxylic acids is 1. The Bertz CT molecular complexity index is 344. The van der Waals surface area contributed by atoms with Crippen LogP contribution in [0.3, 0.4) is 0 Å². The molecule has 14 heavy (non-hydrogen) atoms. The lowest BCUT2D eigenvalue weighted by atomic mass is 10.3. The molecule has 6 heteroatoms. The first kappa shape index (κ1) is 10.0. The van der Waals surface area contributed by atoms with Crippen LogP contribution < -0.4 is 5.32 Å². The molecule has 0 saturated carbocycles. The van der Waals surface area contributed by atoms with E-state index in [-0.39, 0.29) is 12.5 Å². The number of amides is 1. The molecule has 0 radical (unpaired) electrons. The van der Waals surface area contributed by atoms with Gasteiger partial charge in [-0.2, -0.15) is 0 Å². The molecule has 0 aliphatic rings. The van der Waals surface area contributed by atoms with Gasteiger partial charge < -0.3 is 5.32 Å². The summed E-state index contributed by atoms with van der Waals surface area (Å²) in [6, 6.07) is 5.43. The lowest BCUT2D eigenvalue weighted by Gasteiger charge is -2.01. The Kier molecular flexibility index (Phi) is 3.97. The van der Waals surface area contributed by atoms with Crippen molar-refractivity contribution in [2.24, 2.45) is 5.11 Å². The largest absolute Gasteiger partial charge is 0.350 e. The van der Waals surface area contributed by atoms with Crippen LogP contribution in [0.15, 0.2) is 29.5 Å². The molecular weight excluding hydrogens is 182 g/mol. The van der Waals surface area contributed by atoms with E-state index in [1.54, 1.807) is 18.3 Å². The highest BCUT2D eigenvalue weighted by atomic mass is 16.1. The van der Waals surface area contributed by atoms with Gasteiger partial charge in [0.15, 0.2) is 0 Å². The summed E-state index contributed by atoms with van der Waals surface area (Å²) in [5.41, 5.74) is 8.73. The third-order valence-corrected chi connectivity index (χ3v) is 1.47. The van der Waals surface area contributed by atoms with Crippen LogP contribution in [0.25, 0.3) is 10.4 Å². The van der Waals surface area contributed by atoms with Crippen molar-refractivity contribution in [3.05, 3.63) is 40.5 Å². The van der Waals surface area contributed by atoms with Gasteiger partial charge in [-0.15, -0.1) is 0 Å². The molecule has 1 aromatic heterocycles. The van der Waals surface area contributed by atoms with Crippen molar-refractivity contribution in [1.82, 2.24) is 10.3 Å². The maximum Gasteiger partial charge on any atom is 0.226 e. The van der Waals surface area contributed by atoms with E-state index in [1.807, 2.05) is 6.07 Å². The Hall–Kier alpha value is -2.07. The van der Waals surface area contributed by atoms with Gasteiger partial charge in [-0.05, 0) is 17.7 Å². The van der Waals surface area contributed by atoms with Crippen molar-refractivity contribution in [3.8, 4) is 0 Å². The highest BCUT2D eigenvalue weighted by molar-refractivity contribution is 5.77. The molecule has 0 aliphatic carbocycles. The lowest BCUT2D eigenvalue weighted by molar-refractivity contribution is -0.119. The predicted octanol–water partition coefficient (Wildman–Crippen LogP) is 1.01. The van der Waals surface area contributed by atoms with Crippen molar-refractivity contribution < 1.29 is 4.79 Å². The quantitative estimate of drug-likeness (QED) is 0.437. The van der Waals surface area contributed by atoms with Crippen LogP contribution in [-0.2, 0) is 11.3 Å². The number of rotatable bonds is 4. The minimum Gasteiger partial charge on any atom is -0.350 e. The Labute approximate surface area is 80.6 Å². The molecule has 0 aromatic carbocycles. The maximum absolute atomic E-state index is 11.0. The highest BCUT2D eigenvalue weighted by Gasteiger charge is 1.98. The van der Waals surface area contributed by atoms with E-state index in [0.717, 1.165) is 5.69 Å². The fourth-order valence-corrected chi connectivity index (χ4v) is 0.844. The van der Waals surface area contributed by atoms with E-state index in [0.29, 0.717) is 6.54 Å². The van der Waals surface area contributed by atoms with Gasteiger partial charge in [0.05, 0.1) is 12.2 Å². The summed E-state index contributed by atoms with van der Waals surface area (Å²) in [6.45, 7) is 0.171. The second-order valence-corrected chi connectivity index (χ2v) is 2.49. The zero-order chi connectivity index (χ0) is 10.2. The number of nitrogens with one attached hydrogen (secondary N) is 1. The molecule has 1 amide bonds. The summed E-state index contributed by atoms with van der Waals surface area (Å²) >= 11 is 0. The minimum atomic E-state index is -0.312. The van der Waals surface area contributed by atoms with Gasteiger partial charge in [0.25, 0.3) is 0 Å². The first-order valence-corrected chi connectivity index (χ1v) is 4.00. The minimum absolute atomic E-state index is 0.177. The van der Waals surface area contributed by atoms with E-state index in [1.165, 1.54) is 0 Å². The smallest absolute Gasteiger partial charge is 0.226 e. The van der Waals surface area contributed by atoms with E-state index in [2.05, 4.69) is 20.3 Å². The van der Waals surface area contributed by atoms with Crippen molar-refractivity contribution in [2.75, 3.05) is 6.54 Å². The SMILES string of the molecule is [N-]=[N+]=NCC(=O)NCc1ccccn1. The zero-order valence-electron chi connectivity index (χ0n) is 7.42. The van der Waals surface area contributed by atoms with E-state index in [9.17, 15) is 4.79 Å². The summed E-state index contributed by atoms with van der Waals surface area (Å²) in [7, 11) is 0. The van der Waals surface area contributed by atoms with Crippen molar-refractivity contribution in [3.63, 3.8) is 0 Å². The van der Waals surface area contributed by atoms with Crippen LogP contribution in [0.4, 0.5) is 0 Å². The monoisotopic (exact) mass is 191 g/mol. The first-order chi connectivity index (χ1) is 6.83. The first-order valence-electron chi connectivity index (χ1n) is 4.00. The normalized spacial score (nSPS) is 8.86. The van der Waals surface area contributed by atoms with Crippen molar-refractivity contribution in [2.45, 2.75) is 6.54 Å². The van der Waals surface area contributed by atoms with Crippen molar-refractivity contribution in [1.29, 1.82) is 0 Å². The number of hydrogen-bond donors (Lipinski definition) is 1. The topological polar surface area (TPSA) is 90.8 Å². The summed E-state index contributed by atoms with van der Waals surface area (Å²) in [5.74, 6) is -0.312. The fraction of sp³-hybridized carbons (Fsp3) is 0.250. The van der Waals surface area contributed by atoms with Gasteiger partial charge in [0.1, 0.15) is 6.54 Å². The molecule has 0 unspecified atom stereocenters. The molecule has 0 atom stereocenters. The van der Waals surface area contributed by atoms with E-state index < -0.39 is 0 Å². The molecule has 1 N–H and O–H groups in total. The van der Waals surface area contributed by atoms with Crippen LogP contribution in [0.5, 0.6) is 0 Å². The molecule has 0 fully saturated rings. The molecule has 72 valence electrons. The molecule has 0 bridgehead atoms. The van der Waals surface area contributed by atoms with E-state index >= 15 is 0 Å². The van der Waals surface area contributed by atoms with Gasteiger partial charge >= 0.3 is 0 Å². The number of hydrogen-bond acceptors (Lipinski definition) is 3. The van der Waals surface area contributed by atoms with Crippen LogP contribution in [-0.4, -0.2) is 17.4 Å². The summed E-state index contributed by atoms with van der Waals surface area (Å²) < 4.78 is 0. The van der Waals surface area contributed by atoms with Crippen LogP contribution in [0, 0.1) is 0 Å². The Morgan fingerprint density at radius 1 is 1.64 bits per heavy atom. The Morgan fingerprint density at radius 2 is 2.50 bits per heavy atom. The number of nitrogens with zero attached hydrogens (tertiary/aromatic N) is 4. The summed E-state index contributed by atoms with van der Waals surface area (Å²) in [6.07, 6.45) is 1.65. The average Bonchev–Trinajstić information content (AvgIpc) is 2.25. The fourth-order valence-electron chi connectivity index (χ4n) is 0.844. The van der Waals surface area contributed by atoms with Gasteiger partial charge in [0, 0.05) is 11.1 Å². The van der Waals surface area contributed by atoms with Crippen molar-refractivity contribution >= 4 is 5.91 Å². The molecule has 1 aromatic rings. The maximum atomic E-state index is 11.0. The average molecular weight is 191 g/mol. The third-order valence-electron chi connectivity index (χ3n) is 1.47. The van der Waals surface area contributed by atoms with Crippen LogP contribution >= 0.6 is 0 Å². The molecule has 1 heterocycles. The Balaban J connectivity index is 2.34. The van der Waals surface area contributed by atoms with Crippen LogP contribution in [0.2, 0.25) is 0 Å². The number of azide groups is 1. The van der Waals surface area contributed by atoms with E-state index in [4.69, 9.17) is 5.53 Å². The van der Waals surface area contributed by atoms with Gasteiger partial charge in [-0.25, -0.2) is 0 Å². The summed E-state index contributed by atoms with van der Waals surface area (Å²) in [5, 5.41) is 5.70. The summed E-state index contributed by atoms with van der Waals surface area (Å²) in [4.78, 5) is 17.5. The highest BCUT2D eigenvalue weighted by Crippen LogP contribution is 1.91. The number of pyridine rings is 1. The number of aromatic nitrogens is 1. The molecule has 0 aliphatic heterocycles. The Morgan fingerprint density at radius 3 is 3.14 bits per heavy atom. The molecule has 0 spiro atoms. The van der Waals surface area contributed by atoms with Gasteiger partial charge in [-0.3, -0.25) is 9.78 Å². The lowest BCUT2D eigenvalue weighted by Crippen LogP contribution is -2.25. The molecular formula is C8H9N5O. The number of carbonyl (C=O) groups is 1. The second-order valence-electron chi connectivity index (χ2n) is 2.49. The van der Waals surface area contributed by atoms with Gasteiger partial charge in [-0.1, -0.05) is 11.2 Å². The standard InChI is InChI=1S/C8H9N5O/c9-13-12-6-8(14)11-5-7-3-1-2-4-10-7/h1-4H,5-6H2,(H,11,14). The van der Waals surface area contributed by atoms with Gasteiger partial charge in [0.2, 0.25) is 5.91 Å². The second kappa shape index (κ2) is 5.55. The molecule has 6 nitrogen and oxygen atoms in total. The van der Waals surface area contributed by atoms with Crippen LogP contribution in [0.1, 0.15) is 5.69 Å². The molecule has 0 saturated heterocycles. The predicted molar refractivity (Wildman–Crippen MR) is 50.1 cm³/mol. The third kappa shape index (κ3) is 3.55. The zero-order valence-corrected chi connectivity index (χ0v) is 7.42. The molecule has 1 rings (SSSR count).